The number of H-pyrrole nitrogens is 1. The Morgan fingerprint density at radius 3 is 2.73 bits per heavy atom. The molecule has 0 radical (unpaired) electrons. The van der Waals surface area contributed by atoms with E-state index >= 15 is 0 Å². The van der Waals surface area contributed by atoms with Crippen LogP contribution in [0.5, 0.6) is 0 Å². The largest absolute Gasteiger partial charge is 0.467 e. The average molecular weight is 409 g/mol. The second-order valence-corrected chi connectivity index (χ2v) is 7.75. The number of benzene rings is 1. The van der Waals surface area contributed by atoms with Gasteiger partial charge in [0.25, 0.3) is 5.91 Å². The fourth-order valence-electron chi connectivity index (χ4n) is 3.99. The number of carbonyl (C=O) groups is 2. The number of ether oxygens (including phenoxy) is 1. The molecule has 0 saturated carbocycles. The normalized spacial score (nSPS) is 15.4. The van der Waals surface area contributed by atoms with Crippen molar-refractivity contribution < 1.29 is 18.7 Å². The van der Waals surface area contributed by atoms with Crippen LogP contribution in [0.1, 0.15) is 46.4 Å². The van der Waals surface area contributed by atoms with Gasteiger partial charge >= 0.3 is 5.97 Å². The predicted octanol–water partition coefficient (Wildman–Crippen LogP) is 3.67. The fraction of sp³-hybridized carbons (Fsp3) is 0.391. The van der Waals surface area contributed by atoms with Gasteiger partial charge in [-0.1, -0.05) is 0 Å². The number of amides is 1. The number of hydrogen-bond donors (Lipinski definition) is 1. The summed E-state index contributed by atoms with van der Waals surface area (Å²) < 4.78 is 10.6. The van der Waals surface area contributed by atoms with Crippen LogP contribution in [-0.4, -0.2) is 59.4 Å². The number of nitrogens with one attached hydrogen (secondary N) is 1. The molecule has 3 aromatic rings. The molecule has 30 heavy (non-hydrogen) atoms. The Hall–Kier alpha value is -3.06. The lowest BCUT2D eigenvalue weighted by molar-refractivity contribution is 0.0519. The molecule has 1 aliphatic heterocycles. The van der Waals surface area contributed by atoms with Gasteiger partial charge in [-0.3, -0.25) is 4.79 Å². The molecule has 0 atom stereocenters. The third-order valence-electron chi connectivity index (χ3n) is 5.66. The lowest BCUT2D eigenvalue weighted by atomic mass is 10.0. The summed E-state index contributed by atoms with van der Waals surface area (Å²) in [6, 6.07) is 11.1. The molecule has 1 aromatic carbocycles. The van der Waals surface area contributed by atoms with Crippen molar-refractivity contribution in [1.29, 1.82) is 0 Å². The quantitative estimate of drug-likeness (QED) is 0.629. The Bertz CT molecular complexity index is 1020. The van der Waals surface area contributed by atoms with Gasteiger partial charge in [0.15, 0.2) is 0 Å². The number of rotatable bonds is 6. The minimum Gasteiger partial charge on any atom is -0.467 e. The number of piperidine rings is 1. The first-order chi connectivity index (χ1) is 14.5. The smallest absolute Gasteiger partial charge is 0.354 e. The summed E-state index contributed by atoms with van der Waals surface area (Å²) in [6.07, 6.45) is 3.50. The van der Waals surface area contributed by atoms with Crippen LogP contribution in [0.2, 0.25) is 0 Å². The third-order valence-corrected chi connectivity index (χ3v) is 5.66. The second-order valence-electron chi connectivity index (χ2n) is 7.75. The minimum atomic E-state index is -0.396. The van der Waals surface area contributed by atoms with Crippen molar-refractivity contribution in [2.75, 3.05) is 26.7 Å². The van der Waals surface area contributed by atoms with Crippen molar-refractivity contribution in [3.8, 4) is 0 Å². The molecule has 3 heterocycles. The third kappa shape index (κ3) is 4.26. The van der Waals surface area contributed by atoms with E-state index in [2.05, 4.69) is 16.9 Å². The van der Waals surface area contributed by atoms with Crippen LogP contribution >= 0.6 is 0 Å². The number of furan rings is 1. The number of likely N-dealkylation sites (tertiary alicyclic amines) is 1. The first kappa shape index (κ1) is 20.2. The number of esters is 1. The highest BCUT2D eigenvalue weighted by atomic mass is 16.5. The van der Waals surface area contributed by atoms with E-state index in [-0.39, 0.29) is 11.9 Å². The first-order valence-corrected chi connectivity index (χ1v) is 10.4. The van der Waals surface area contributed by atoms with Crippen LogP contribution in [-0.2, 0) is 11.3 Å². The Labute approximate surface area is 175 Å². The summed E-state index contributed by atoms with van der Waals surface area (Å²) in [5.74, 6) is 0.351. The highest BCUT2D eigenvalue weighted by molar-refractivity contribution is 6.00. The number of nitrogens with zero attached hydrogens (tertiary/aromatic N) is 2. The molecule has 1 amide bonds. The van der Waals surface area contributed by atoms with Crippen LogP contribution in [0, 0.1) is 0 Å². The van der Waals surface area contributed by atoms with Gasteiger partial charge in [-0.05, 0) is 76.3 Å². The second kappa shape index (κ2) is 8.75. The molecule has 0 unspecified atom stereocenters. The summed E-state index contributed by atoms with van der Waals surface area (Å²) in [5.41, 5.74) is 1.79. The Kier molecular flexibility index (Phi) is 5.90. The molecular formula is C23H27N3O4. The van der Waals surface area contributed by atoms with E-state index in [1.165, 1.54) is 0 Å². The van der Waals surface area contributed by atoms with Gasteiger partial charge in [0, 0.05) is 22.5 Å². The summed E-state index contributed by atoms with van der Waals surface area (Å²) in [4.78, 5) is 32.8. The zero-order valence-electron chi connectivity index (χ0n) is 17.4. The molecule has 1 fully saturated rings. The predicted molar refractivity (Wildman–Crippen MR) is 113 cm³/mol. The SMILES string of the molecule is CCOC(=O)c1cc2cc(C(=O)N(Cc3ccco3)C3CCN(C)CC3)ccc2[nH]1. The van der Waals surface area contributed by atoms with Gasteiger partial charge in [0.2, 0.25) is 0 Å². The summed E-state index contributed by atoms with van der Waals surface area (Å²) >= 11 is 0. The standard InChI is InChI=1S/C23H27N3O4/c1-3-29-23(28)21-14-17-13-16(6-7-20(17)24-21)22(27)26(15-19-5-4-12-30-19)18-8-10-25(2)11-9-18/h4-7,12-14,18,24H,3,8-11,15H2,1-2H3. The molecule has 4 rings (SSSR count). The van der Waals surface area contributed by atoms with Crippen LogP contribution in [0.15, 0.2) is 47.1 Å². The van der Waals surface area contributed by atoms with Crippen molar-refractivity contribution in [3.63, 3.8) is 0 Å². The summed E-state index contributed by atoms with van der Waals surface area (Å²) in [7, 11) is 2.11. The molecule has 158 valence electrons. The molecule has 0 spiro atoms. The summed E-state index contributed by atoms with van der Waals surface area (Å²) in [5, 5.41) is 0.810. The molecule has 7 heteroatoms. The van der Waals surface area contributed by atoms with E-state index in [0.717, 1.165) is 42.6 Å². The zero-order chi connectivity index (χ0) is 21.1. The number of fused-ring (bicyclic) bond motifs is 1. The van der Waals surface area contributed by atoms with E-state index in [1.807, 2.05) is 29.2 Å². The Morgan fingerprint density at radius 1 is 1.23 bits per heavy atom. The van der Waals surface area contributed by atoms with Crippen molar-refractivity contribution >= 4 is 22.8 Å². The van der Waals surface area contributed by atoms with Crippen LogP contribution < -0.4 is 0 Å². The molecule has 2 aromatic heterocycles. The molecule has 1 aliphatic rings. The van der Waals surface area contributed by atoms with Gasteiger partial charge in [-0.15, -0.1) is 0 Å². The minimum absolute atomic E-state index is 0.0262. The van der Waals surface area contributed by atoms with Gasteiger partial charge < -0.3 is 23.9 Å². The van der Waals surface area contributed by atoms with E-state index in [0.29, 0.717) is 24.4 Å². The van der Waals surface area contributed by atoms with Crippen molar-refractivity contribution in [1.82, 2.24) is 14.8 Å². The topological polar surface area (TPSA) is 78.8 Å². The highest BCUT2D eigenvalue weighted by Crippen LogP contribution is 2.24. The Balaban J connectivity index is 1.61. The number of aromatic nitrogens is 1. The van der Waals surface area contributed by atoms with Gasteiger partial charge in [0.05, 0.1) is 19.4 Å². The van der Waals surface area contributed by atoms with Gasteiger partial charge in [-0.25, -0.2) is 4.79 Å². The number of carbonyl (C=O) groups excluding carboxylic acids is 2. The van der Waals surface area contributed by atoms with Crippen LogP contribution in [0.25, 0.3) is 10.9 Å². The van der Waals surface area contributed by atoms with Crippen molar-refractivity contribution in [2.24, 2.45) is 0 Å². The van der Waals surface area contributed by atoms with Crippen LogP contribution in [0.4, 0.5) is 0 Å². The average Bonchev–Trinajstić information content (AvgIpc) is 3.41. The zero-order valence-corrected chi connectivity index (χ0v) is 17.4. The van der Waals surface area contributed by atoms with E-state index < -0.39 is 5.97 Å². The maximum atomic E-state index is 13.5. The molecular weight excluding hydrogens is 382 g/mol. The molecule has 1 N–H and O–H groups in total. The lowest BCUT2D eigenvalue weighted by Crippen LogP contribution is -2.46. The Morgan fingerprint density at radius 2 is 2.03 bits per heavy atom. The van der Waals surface area contributed by atoms with Gasteiger partial charge in [0.1, 0.15) is 11.5 Å². The molecule has 1 saturated heterocycles. The first-order valence-electron chi connectivity index (χ1n) is 10.4. The molecule has 0 bridgehead atoms. The highest BCUT2D eigenvalue weighted by Gasteiger charge is 2.28. The molecule has 0 aliphatic carbocycles. The van der Waals surface area contributed by atoms with Crippen molar-refractivity contribution in [3.05, 3.63) is 59.7 Å². The van der Waals surface area contributed by atoms with E-state index in [4.69, 9.17) is 9.15 Å². The summed E-state index contributed by atoms with van der Waals surface area (Å²) in [6.45, 7) is 4.46. The van der Waals surface area contributed by atoms with Crippen LogP contribution in [0.3, 0.4) is 0 Å². The number of hydrogen-bond acceptors (Lipinski definition) is 5. The van der Waals surface area contributed by atoms with E-state index in [9.17, 15) is 9.59 Å². The molecule has 7 nitrogen and oxygen atoms in total. The maximum absolute atomic E-state index is 13.5. The fourth-order valence-corrected chi connectivity index (χ4v) is 3.99. The number of aromatic amines is 1. The maximum Gasteiger partial charge on any atom is 0.354 e. The van der Waals surface area contributed by atoms with Gasteiger partial charge in [-0.2, -0.15) is 0 Å². The van der Waals surface area contributed by atoms with Crippen molar-refractivity contribution in [2.45, 2.75) is 32.4 Å². The monoisotopic (exact) mass is 409 g/mol. The van der Waals surface area contributed by atoms with E-state index in [1.54, 1.807) is 25.3 Å². The lowest BCUT2D eigenvalue weighted by Gasteiger charge is -2.37.